The largest absolute Gasteiger partial charge is 0.385 e. The average Bonchev–Trinajstić information content (AvgIpc) is 2.74. The van der Waals surface area contributed by atoms with Crippen LogP contribution in [0, 0.1) is 5.92 Å². The molecule has 0 aliphatic carbocycles. The first-order valence-electron chi connectivity index (χ1n) is 5.79. The molecule has 0 radical (unpaired) electrons. The molecule has 1 unspecified atom stereocenters. The van der Waals surface area contributed by atoms with Crippen molar-refractivity contribution in [1.82, 2.24) is 10.6 Å². The van der Waals surface area contributed by atoms with Crippen molar-refractivity contribution in [3.8, 4) is 0 Å². The van der Waals surface area contributed by atoms with Crippen LogP contribution in [0.2, 0.25) is 0 Å². The van der Waals surface area contributed by atoms with Crippen molar-refractivity contribution in [1.29, 1.82) is 0 Å². The smallest absolute Gasteiger partial charge is 0.220 e. The lowest BCUT2D eigenvalue weighted by molar-refractivity contribution is -0.121. The van der Waals surface area contributed by atoms with Gasteiger partial charge in [-0.25, -0.2) is 0 Å². The summed E-state index contributed by atoms with van der Waals surface area (Å²) in [6, 6.07) is 0. The Morgan fingerprint density at radius 1 is 1.56 bits per heavy atom. The van der Waals surface area contributed by atoms with Crippen molar-refractivity contribution in [3.05, 3.63) is 0 Å². The quantitative estimate of drug-likeness (QED) is 0.662. The predicted molar refractivity (Wildman–Crippen MR) is 67.0 cm³/mol. The summed E-state index contributed by atoms with van der Waals surface area (Å²) in [5.41, 5.74) is 0. The van der Waals surface area contributed by atoms with Gasteiger partial charge in [0, 0.05) is 26.7 Å². The highest BCUT2D eigenvalue weighted by molar-refractivity contribution is 5.85. The highest BCUT2D eigenvalue weighted by atomic mass is 35.5. The maximum Gasteiger partial charge on any atom is 0.220 e. The Labute approximate surface area is 104 Å². The molecular weight excluding hydrogens is 228 g/mol. The molecule has 2 N–H and O–H groups in total. The minimum atomic E-state index is 0. The molecule has 1 heterocycles. The molecule has 5 heteroatoms. The molecule has 0 saturated carbocycles. The van der Waals surface area contributed by atoms with Crippen molar-refractivity contribution in [3.63, 3.8) is 0 Å². The highest BCUT2D eigenvalue weighted by Gasteiger charge is 2.15. The minimum absolute atomic E-state index is 0. The van der Waals surface area contributed by atoms with E-state index in [1.165, 1.54) is 6.42 Å². The molecule has 16 heavy (non-hydrogen) atoms. The highest BCUT2D eigenvalue weighted by Crippen LogP contribution is 2.13. The SMILES string of the molecule is COCCCNC(=O)CCC1CCNC1.Cl. The Morgan fingerprint density at radius 2 is 2.38 bits per heavy atom. The number of carbonyl (C=O) groups excluding carboxylic acids is 1. The second kappa shape index (κ2) is 9.87. The predicted octanol–water partition coefficient (Wildman–Crippen LogP) is 0.951. The lowest BCUT2D eigenvalue weighted by Crippen LogP contribution is -2.25. The third kappa shape index (κ3) is 7.04. The number of carbonyl (C=O) groups is 1. The monoisotopic (exact) mass is 250 g/mol. The van der Waals surface area contributed by atoms with Crippen molar-refractivity contribution in [2.75, 3.05) is 33.4 Å². The van der Waals surface area contributed by atoms with Gasteiger partial charge in [-0.3, -0.25) is 4.79 Å². The molecule has 0 aromatic carbocycles. The summed E-state index contributed by atoms with van der Waals surface area (Å²) in [7, 11) is 1.68. The molecule has 1 amide bonds. The van der Waals surface area contributed by atoms with Crippen LogP contribution < -0.4 is 10.6 Å². The molecule has 1 atom stereocenters. The molecule has 0 aromatic heterocycles. The number of rotatable bonds is 7. The Morgan fingerprint density at radius 3 is 3.00 bits per heavy atom. The Balaban J connectivity index is 0.00000225. The number of halogens is 1. The van der Waals surface area contributed by atoms with Gasteiger partial charge in [0.15, 0.2) is 0 Å². The van der Waals surface area contributed by atoms with Gasteiger partial charge in [0.05, 0.1) is 0 Å². The van der Waals surface area contributed by atoms with Gasteiger partial charge in [-0.2, -0.15) is 0 Å². The summed E-state index contributed by atoms with van der Waals surface area (Å²) in [6.45, 7) is 3.64. The topological polar surface area (TPSA) is 50.4 Å². The van der Waals surface area contributed by atoms with Gasteiger partial charge >= 0.3 is 0 Å². The normalized spacial score (nSPS) is 19.2. The van der Waals surface area contributed by atoms with E-state index in [2.05, 4.69) is 10.6 Å². The van der Waals surface area contributed by atoms with E-state index in [1.807, 2.05) is 0 Å². The van der Waals surface area contributed by atoms with Crippen molar-refractivity contribution in [2.45, 2.75) is 25.7 Å². The van der Waals surface area contributed by atoms with Gasteiger partial charge in [0.25, 0.3) is 0 Å². The van der Waals surface area contributed by atoms with E-state index in [0.717, 1.165) is 32.5 Å². The maximum absolute atomic E-state index is 11.4. The second-order valence-electron chi connectivity index (χ2n) is 4.09. The third-order valence-electron chi connectivity index (χ3n) is 2.79. The molecule has 1 fully saturated rings. The van der Waals surface area contributed by atoms with Crippen molar-refractivity contribution in [2.24, 2.45) is 5.92 Å². The van der Waals surface area contributed by atoms with E-state index >= 15 is 0 Å². The second-order valence-corrected chi connectivity index (χ2v) is 4.09. The number of hydrogen-bond acceptors (Lipinski definition) is 3. The van der Waals surface area contributed by atoms with Gasteiger partial charge in [-0.05, 0) is 38.3 Å². The molecule has 0 bridgehead atoms. The molecule has 1 aliphatic heterocycles. The summed E-state index contributed by atoms with van der Waals surface area (Å²) in [4.78, 5) is 11.4. The zero-order valence-electron chi connectivity index (χ0n) is 9.96. The van der Waals surface area contributed by atoms with E-state index in [1.54, 1.807) is 7.11 Å². The molecule has 1 rings (SSSR count). The summed E-state index contributed by atoms with van der Waals surface area (Å²) in [5, 5.41) is 6.21. The molecule has 1 saturated heterocycles. The fourth-order valence-corrected chi connectivity index (χ4v) is 1.83. The van der Waals surface area contributed by atoms with E-state index in [4.69, 9.17) is 4.74 Å². The first-order chi connectivity index (χ1) is 7.33. The summed E-state index contributed by atoms with van der Waals surface area (Å²) in [5.74, 6) is 0.882. The standard InChI is InChI=1S/C11H22N2O2.ClH/c1-15-8-2-6-13-11(14)4-3-10-5-7-12-9-10;/h10,12H,2-9H2,1H3,(H,13,14);1H. The fourth-order valence-electron chi connectivity index (χ4n) is 1.83. The van der Waals surface area contributed by atoms with Gasteiger partial charge in [0.1, 0.15) is 0 Å². The molecule has 1 aliphatic rings. The first-order valence-corrected chi connectivity index (χ1v) is 5.79. The first kappa shape index (κ1) is 15.7. The molecule has 0 aromatic rings. The van der Waals surface area contributed by atoms with Gasteiger partial charge in [-0.1, -0.05) is 0 Å². The lowest BCUT2D eigenvalue weighted by Gasteiger charge is -2.08. The maximum atomic E-state index is 11.4. The Hall–Kier alpha value is -0.320. The van der Waals surface area contributed by atoms with Gasteiger partial charge in [-0.15, -0.1) is 12.4 Å². The van der Waals surface area contributed by atoms with Crippen LogP contribution in [0.15, 0.2) is 0 Å². The summed E-state index contributed by atoms with van der Waals surface area (Å²) in [6.07, 6.45) is 3.80. The van der Waals surface area contributed by atoms with Crippen LogP contribution in [0.3, 0.4) is 0 Å². The zero-order chi connectivity index (χ0) is 10.9. The third-order valence-corrected chi connectivity index (χ3v) is 2.79. The van der Waals surface area contributed by atoms with Crippen molar-refractivity contribution >= 4 is 18.3 Å². The summed E-state index contributed by atoms with van der Waals surface area (Å²) < 4.78 is 4.91. The van der Waals surface area contributed by atoms with Crippen LogP contribution in [-0.2, 0) is 9.53 Å². The van der Waals surface area contributed by atoms with Crippen LogP contribution in [0.25, 0.3) is 0 Å². The van der Waals surface area contributed by atoms with Crippen LogP contribution in [0.5, 0.6) is 0 Å². The van der Waals surface area contributed by atoms with Gasteiger partial charge in [0.2, 0.25) is 5.91 Å². The van der Waals surface area contributed by atoms with Crippen LogP contribution >= 0.6 is 12.4 Å². The molecule has 96 valence electrons. The van der Waals surface area contributed by atoms with Crippen molar-refractivity contribution < 1.29 is 9.53 Å². The lowest BCUT2D eigenvalue weighted by atomic mass is 10.0. The fraction of sp³-hybridized carbons (Fsp3) is 0.909. The molecule has 4 nitrogen and oxygen atoms in total. The van der Waals surface area contributed by atoms with Crippen LogP contribution in [0.1, 0.15) is 25.7 Å². The Bertz CT molecular complexity index is 185. The number of ether oxygens (including phenoxy) is 1. The Kier molecular flexibility index (Phi) is 9.68. The van der Waals surface area contributed by atoms with E-state index < -0.39 is 0 Å². The van der Waals surface area contributed by atoms with Crippen LogP contribution in [-0.4, -0.2) is 39.3 Å². The number of amides is 1. The molecular formula is C11H23ClN2O2. The number of methoxy groups -OCH3 is 1. The number of nitrogens with one attached hydrogen (secondary N) is 2. The summed E-state index contributed by atoms with van der Waals surface area (Å²) >= 11 is 0. The molecule has 0 spiro atoms. The average molecular weight is 251 g/mol. The van der Waals surface area contributed by atoms with E-state index in [9.17, 15) is 4.79 Å². The van der Waals surface area contributed by atoms with Crippen LogP contribution in [0.4, 0.5) is 0 Å². The zero-order valence-corrected chi connectivity index (χ0v) is 10.8. The van der Waals surface area contributed by atoms with E-state index in [0.29, 0.717) is 18.9 Å². The van der Waals surface area contributed by atoms with E-state index in [-0.39, 0.29) is 18.3 Å². The minimum Gasteiger partial charge on any atom is -0.385 e. The number of hydrogen-bond donors (Lipinski definition) is 2. The van der Waals surface area contributed by atoms with Gasteiger partial charge < -0.3 is 15.4 Å².